The first-order valence-electron chi connectivity index (χ1n) is 10.1. The first-order valence-corrected chi connectivity index (χ1v) is 11.4. The molecule has 2 aromatic heterocycles. The second kappa shape index (κ2) is 8.85. The average Bonchev–Trinajstić information content (AvgIpc) is 3.45. The predicted octanol–water partition coefficient (Wildman–Crippen LogP) is 5.82. The Morgan fingerprint density at radius 1 is 1.03 bits per heavy atom. The highest BCUT2D eigenvalue weighted by Crippen LogP contribution is 2.41. The molecule has 1 atom stereocenters. The molecule has 5 nitrogen and oxygen atoms in total. The van der Waals surface area contributed by atoms with E-state index in [9.17, 15) is 4.79 Å². The van der Waals surface area contributed by atoms with Crippen molar-refractivity contribution in [3.8, 4) is 0 Å². The van der Waals surface area contributed by atoms with Gasteiger partial charge in [0.1, 0.15) is 11.3 Å². The summed E-state index contributed by atoms with van der Waals surface area (Å²) in [5.74, 6) is 0.579. The summed E-state index contributed by atoms with van der Waals surface area (Å²) in [5, 5.41) is 6.59. The maximum absolute atomic E-state index is 13.0. The Hall–Kier alpha value is -2.64. The molecule has 0 bridgehead atoms. The molecule has 7 heteroatoms. The number of ether oxygens (including phenoxy) is 1. The maximum Gasteiger partial charge on any atom is 0.265 e. The highest BCUT2D eigenvalue weighted by molar-refractivity contribution is 7.12. The highest BCUT2D eigenvalue weighted by atomic mass is 35.5. The summed E-state index contributed by atoms with van der Waals surface area (Å²) in [7, 11) is 0. The summed E-state index contributed by atoms with van der Waals surface area (Å²) in [4.78, 5) is 15.9. The zero-order chi connectivity index (χ0) is 21.2. The Bertz CT molecular complexity index is 1180. The van der Waals surface area contributed by atoms with Crippen molar-refractivity contribution >= 4 is 45.5 Å². The molecule has 158 valence electrons. The monoisotopic (exact) mass is 452 g/mol. The lowest BCUT2D eigenvalue weighted by Gasteiger charge is -2.34. The third-order valence-electron chi connectivity index (χ3n) is 5.45. The van der Waals surface area contributed by atoms with Crippen molar-refractivity contribution in [2.75, 3.05) is 31.6 Å². The Balaban J connectivity index is 1.64. The molecule has 1 aliphatic rings. The number of halogens is 1. The highest BCUT2D eigenvalue weighted by Gasteiger charge is 2.31. The van der Waals surface area contributed by atoms with Gasteiger partial charge in [-0.1, -0.05) is 41.9 Å². The van der Waals surface area contributed by atoms with Gasteiger partial charge in [0.15, 0.2) is 0 Å². The summed E-state index contributed by atoms with van der Waals surface area (Å²) in [5.41, 5.74) is 2.50. The van der Waals surface area contributed by atoms with E-state index in [0.29, 0.717) is 28.8 Å². The molecule has 1 amide bonds. The van der Waals surface area contributed by atoms with E-state index in [1.807, 2.05) is 66.0 Å². The van der Waals surface area contributed by atoms with Crippen LogP contribution in [0.3, 0.4) is 0 Å². The fraction of sp³-hybridized carbons (Fsp3) is 0.208. The van der Waals surface area contributed by atoms with Gasteiger partial charge in [0.2, 0.25) is 0 Å². The van der Waals surface area contributed by atoms with Gasteiger partial charge in [-0.15, -0.1) is 11.3 Å². The Morgan fingerprint density at radius 3 is 2.55 bits per heavy atom. The van der Waals surface area contributed by atoms with E-state index in [0.717, 1.165) is 35.4 Å². The summed E-state index contributed by atoms with van der Waals surface area (Å²) < 4.78 is 12.0. The molecule has 4 aromatic rings. The predicted molar refractivity (Wildman–Crippen MR) is 124 cm³/mol. The third kappa shape index (κ3) is 4.12. The van der Waals surface area contributed by atoms with E-state index < -0.39 is 0 Å². The number of fused-ring (bicyclic) bond motifs is 1. The number of amides is 1. The fourth-order valence-electron chi connectivity index (χ4n) is 3.98. The van der Waals surface area contributed by atoms with Crippen LogP contribution >= 0.6 is 22.9 Å². The Kier molecular flexibility index (Phi) is 5.78. The molecule has 0 saturated carbocycles. The van der Waals surface area contributed by atoms with Gasteiger partial charge >= 0.3 is 0 Å². The Morgan fingerprint density at radius 2 is 1.81 bits per heavy atom. The molecule has 0 unspecified atom stereocenters. The smallest absolute Gasteiger partial charge is 0.265 e. The zero-order valence-electron chi connectivity index (χ0n) is 16.7. The summed E-state index contributed by atoms with van der Waals surface area (Å²) in [6, 6.07) is 19.1. The van der Waals surface area contributed by atoms with E-state index in [1.54, 1.807) is 0 Å². The number of hydrogen-bond donors (Lipinski definition) is 1. The third-order valence-corrected chi connectivity index (χ3v) is 6.57. The van der Waals surface area contributed by atoms with E-state index in [1.165, 1.54) is 11.3 Å². The topological polar surface area (TPSA) is 54.7 Å². The molecule has 1 aliphatic heterocycles. The standard InChI is InChI=1S/C24H21ClN2O3S/c25-17-9-7-16(8-10-17)22(27-11-13-29-14-12-27)23-21(18-4-1-2-5-19(18)30-23)26-24(28)20-6-3-15-31-20/h1-10,15,22H,11-14H2,(H,26,28)/t22-/m1/s1. The van der Waals surface area contributed by atoms with Gasteiger partial charge in [-0.05, 0) is 41.3 Å². The number of nitrogens with zero attached hydrogens (tertiary/aromatic N) is 1. The lowest BCUT2D eigenvalue weighted by molar-refractivity contribution is 0.0206. The largest absolute Gasteiger partial charge is 0.457 e. The van der Waals surface area contributed by atoms with Gasteiger partial charge in [0, 0.05) is 23.5 Å². The molecular weight excluding hydrogens is 432 g/mol. The minimum Gasteiger partial charge on any atom is -0.457 e. The molecule has 0 radical (unpaired) electrons. The van der Waals surface area contributed by atoms with Crippen molar-refractivity contribution in [1.82, 2.24) is 4.90 Å². The molecule has 1 fully saturated rings. The van der Waals surface area contributed by atoms with Gasteiger partial charge in [-0.25, -0.2) is 0 Å². The number of hydrogen-bond acceptors (Lipinski definition) is 5. The fourth-order valence-corrected chi connectivity index (χ4v) is 4.72. The summed E-state index contributed by atoms with van der Waals surface area (Å²) >= 11 is 7.57. The maximum atomic E-state index is 13.0. The van der Waals surface area contributed by atoms with Gasteiger partial charge in [0.05, 0.1) is 29.8 Å². The molecule has 3 heterocycles. The molecule has 1 N–H and O–H groups in total. The number of para-hydroxylation sites is 1. The van der Waals surface area contributed by atoms with Crippen LogP contribution in [-0.2, 0) is 4.74 Å². The molecule has 0 spiro atoms. The number of carbonyl (C=O) groups is 1. The van der Waals surface area contributed by atoms with Crippen LogP contribution in [0.25, 0.3) is 11.0 Å². The first kappa shape index (κ1) is 20.3. The number of thiophene rings is 1. The second-order valence-corrected chi connectivity index (χ2v) is 8.76. The summed E-state index contributed by atoms with van der Waals surface area (Å²) in [6.07, 6.45) is 0. The van der Waals surface area contributed by atoms with Crippen LogP contribution in [-0.4, -0.2) is 37.1 Å². The van der Waals surface area contributed by atoms with E-state index >= 15 is 0 Å². The number of benzene rings is 2. The minimum atomic E-state index is -0.174. The average molecular weight is 453 g/mol. The normalized spacial score (nSPS) is 15.8. The molecule has 31 heavy (non-hydrogen) atoms. The molecule has 1 saturated heterocycles. The van der Waals surface area contributed by atoms with Gasteiger partial charge in [0.25, 0.3) is 5.91 Å². The van der Waals surface area contributed by atoms with Crippen LogP contribution < -0.4 is 5.32 Å². The van der Waals surface area contributed by atoms with Gasteiger partial charge < -0.3 is 14.5 Å². The van der Waals surface area contributed by atoms with E-state index in [-0.39, 0.29) is 11.9 Å². The van der Waals surface area contributed by atoms with Crippen LogP contribution in [0.15, 0.2) is 70.5 Å². The van der Waals surface area contributed by atoms with Crippen LogP contribution in [0.4, 0.5) is 5.69 Å². The Labute approximate surface area is 189 Å². The van der Waals surface area contributed by atoms with Crippen molar-refractivity contribution in [3.63, 3.8) is 0 Å². The van der Waals surface area contributed by atoms with Crippen molar-refractivity contribution in [1.29, 1.82) is 0 Å². The second-order valence-electron chi connectivity index (χ2n) is 7.37. The zero-order valence-corrected chi connectivity index (χ0v) is 18.3. The quantitative estimate of drug-likeness (QED) is 0.414. The van der Waals surface area contributed by atoms with Crippen LogP contribution in [0.5, 0.6) is 0 Å². The van der Waals surface area contributed by atoms with E-state index in [2.05, 4.69) is 10.2 Å². The first-order chi connectivity index (χ1) is 15.2. The number of nitrogens with one attached hydrogen (secondary N) is 1. The van der Waals surface area contributed by atoms with E-state index in [4.69, 9.17) is 20.8 Å². The number of morpholine rings is 1. The van der Waals surface area contributed by atoms with Crippen molar-refractivity contribution < 1.29 is 13.9 Å². The van der Waals surface area contributed by atoms with Crippen LogP contribution in [0, 0.1) is 0 Å². The lowest BCUT2D eigenvalue weighted by Crippen LogP contribution is -2.39. The number of rotatable bonds is 5. The van der Waals surface area contributed by atoms with Crippen LogP contribution in [0.2, 0.25) is 5.02 Å². The van der Waals surface area contributed by atoms with Crippen LogP contribution in [0.1, 0.15) is 27.0 Å². The molecular formula is C24H21ClN2O3S. The summed E-state index contributed by atoms with van der Waals surface area (Å²) in [6.45, 7) is 2.84. The lowest BCUT2D eigenvalue weighted by atomic mass is 10.0. The van der Waals surface area contributed by atoms with Gasteiger partial charge in [-0.3, -0.25) is 9.69 Å². The van der Waals surface area contributed by atoms with Crippen molar-refractivity contribution in [2.24, 2.45) is 0 Å². The molecule has 0 aliphatic carbocycles. The SMILES string of the molecule is O=C(Nc1c([C@@H](c2ccc(Cl)cc2)N2CCOCC2)oc2ccccc12)c1cccs1. The number of furan rings is 1. The van der Waals surface area contributed by atoms with Crippen molar-refractivity contribution in [2.45, 2.75) is 6.04 Å². The molecule has 5 rings (SSSR count). The minimum absolute atomic E-state index is 0.139. The molecule has 2 aromatic carbocycles. The van der Waals surface area contributed by atoms with Crippen molar-refractivity contribution in [3.05, 3.63) is 87.3 Å². The number of anilines is 1. The van der Waals surface area contributed by atoms with Gasteiger partial charge in [-0.2, -0.15) is 0 Å². The number of carbonyl (C=O) groups excluding carboxylic acids is 1.